The first-order valence-corrected chi connectivity index (χ1v) is 28.6. The molecule has 1 aromatic heterocycles. The molecule has 35 heteroatoms. The van der Waals surface area contributed by atoms with E-state index in [4.69, 9.17) is 12.2 Å². The molecule has 6 amide bonds. The lowest BCUT2D eigenvalue weighted by atomic mass is 10.0. The van der Waals surface area contributed by atoms with Gasteiger partial charge >= 0.3 is 35.8 Å². The monoisotopic (exact) mass is 1280 g/mol. The number of amides is 6. The van der Waals surface area contributed by atoms with E-state index < -0.39 is 140 Å². The summed E-state index contributed by atoms with van der Waals surface area (Å²) in [7, 11) is 0. The number of aliphatic carboxylic acids is 6. The van der Waals surface area contributed by atoms with Gasteiger partial charge in [0.15, 0.2) is 5.11 Å². The number of hydrogen-bond donors (Lipinski definition) is 17. The maximum atomic E-state index is 13.8. The first-order chi connectivity index (χ1) is 42.7. The van der Waals surface area contributed by atoms with Crippen molar-refractivity contribution in [1.29, 1.82) is 0 Å². The lowest BCUT2D eigenvalue weighted by Crippen LogP contribution is -2.60. The summed E-state index contributed by atoms with van der Waals surface area (Å²) in [6, 6.07) is 3.90. The number of hydrogen-bond acceptors (Lipinski definition) is 20. The number of H-pyrrole nitrogens is 1. The first-order valence-electron chi connectivity index (χ1n) is 28.2. The van der Waals surface area contributed by atoms with Crippen molar-refractivity contribution in [3.63, 3.8) is 0 Å². The standard InChI is InChI=1S/C55H76N14O20S/c1-32(48(81)62-38(22-36-24-56-31-58-36)51(84)64-40(29-70)52(85)63-37(21-34-5-3-2-4-6-34)50(83)65-41(30-71)53(86)87)59-49(82)39(23-44(73)74)61-43(72)25-57-55(90)60-35-10-7-33(8-11-35)9-12-42(54(88)89)69-19-17-67(27-46(77)78)15-13-66(26-45(75)76)14-16-68(18-20-69)28-47(79)80/h2-8,10-11,24,31-32,37-42,70-71H,9,12-23,25-30H2,1H3,(H,56,58)(H,59,82)(H,61,72)(H,62,81)(H,63,85)(H,64,84)(H,65,83)(H,73,74)(H,75,76)(H,77,78)(H,79,80)(H,86,87)(H,88,89)(H2,57,60,90)/t32-,37-,38-,39-,40-,41-,42?/m0/s1. The lowest BCUT2D eigenvalue weighted by molar-refractivity contribution is -0.145. The zero-order valence-corrected chi connectivity index (χ0v) is 49.8. The van der Waals surface area contributed by atoms with Crippen molar-refractivity contribution in [2.75, 3.05) is 97.1 Å². The Kier molecular flexibility index (Phi) is 30.5. The number of nitrogens with one attached hydrogen (secondary N) is 9. The van der Waals surface area contributed by atoms with E-state index in [1.807, 2.05) is 0 Å². The van der Waals surface area contributed by atoms with Crippen molar-refractivity contribution in [3.05, 3.63) is 83.9 Å². The Morgan fingerprint density at radius 3 is 1.52 bits per heavy atom. The van der Waals surface area contributed by atoms with Gasteiger partial charge in [0, 0.05) is 82.8 Å². The maximum Gasteiger partial charge on any atom is 0.328 e. The number of aliphatic hydroxyl groups excluding tert-OH is 2. The van der Waals surface area contributed by atoms with E-state index in [1.165, 1.54) is 19.4 Å². The molecule has 3 aromatic rings. The molecule has 2 aromatic carbocycles. The number of aromatic nitrogens is 2. The van der Waals surface area contributed by atoms with Crippen LogP contribution in [0.1, 0.15) is 36.6 Å². The molecule has 17 N–H and O–H groups in total. The van der Waals surface area contributed by atoms with E-state index in [1.54, 1.807) is 74.2 Å². The van der Waals surface area contributed by atoms with Crippen LogP contribution in [0.15, 0.2) is 67.1 Å². The predicted octanol–water partition coefficient (Wildman–Crippen LogP) is -5.48. The SMILES string of the molecule is C[C@H](NC(=O)[C@H](CC(=O)O)NC(=O)CNC(=S)Nc1ccc(CCC(C(=O)O)N2CCN(CC(=O)O)CCN(CC(=O)O)CCN(CC(=O)O)CC2)cc1)C(=O)N[C@@H](Cc1cnc[nH]1)C(=O)N[C@@H](CO)C(=O)N[C@@H](Cc1ccccc1)C(=O)N[C@@H](CO)C(=O)O. The number of carbonyl (C=O) groups is 12. The summed E-state index contributed by atoms with van der Waals surface area (Å²) in [5, 5.41) is 96.9. The van der Waals surface area contributed by atoms with Gasteiger partial charge in [-0.3, -0.25) is 72.3 Å². The van der Waals surface area contributed by atoms with E-state index in [0.717, 1.165) is 0 Å². The highest BCUT2D eigenvalue weighted by atomic mass is 32.1. The summed E-state index contributed by atoms with van der Waals surface area (Å²) in [6.07, 6.45) is 1.47. The minimum absolute atomic E-state index is 0.0867. The van der Waals surface area contributed by atoms with Crippen LogP contribution in [-0.2, 0) is 76.8 Å². The van der Waals surface area contributed by atoms with Gasteiger partial charge in [-0.15, -0.1) is 0 Å². The Morgan fingerprint density at radius 2 is 1.03 bits per heavy atom. The van der Waals surface area contributed by atoms with Gasteiger partial charge in [0.05, 0.1) is 52.1 Å². The molecule has 1 unspecified atom stereocenters. The minimum Gasteiger partial charge on any atom is -0.481 e. The third kappa shape index (κ3) is 26.6. The molecule has 0 bridgehead atoms. The normalized spacial score (nSPS) is 16.0. The highest BCUT2D eigenvalue weighted by Gasteiger charge is 2.34. The number of imidazole rings is 1. The summed E-state index contributed by atoms with van der Waals surface area (Å²) in [6.45, 7) is -1.46. The molecule has 34 nitrogen and oxygen atoms in total. The Hall–Kier alpha value is -9.26. The third-order valence-electron chi connectivity index (χ3n) is 13.9. The van der Waals surface area contributed by atoms with Crippen molar-refractivity contribution < 1.29 is 98.4 Å². The molecule has 1 aliphatic rings. The highest BCUT2D eigenvalue weighted by molar-refractivity contribution is 7.80. The summed E-state index contributed by atoms with van der Waals surface area (Å²) >= 11 is 5.34. The number of carbonyl (C=O) groups excluding carboxylic acids is 6. The number of thiocarbonyl (C=S) groups is 1. The van der Waals surface area contributed by atoms with Crippen molar-refractivity contribution in [2.24, 2.45) is 0 Å². The van der Waals surface area contributed by atoms with E-state index in [0.29, 0.717) is 22.5 Å². The fourth-order valence-corrected chi connectivity index (χ4v) is 9.35. The van der Waals surface area contributed by atoms with Gasteiger partial charge in [-0.1, -0.05) is 42.5 Å². The zero-order chi connectivity index (χ0) is 66.5. The number of carboxylic acid groups (broad SMARTS) is 6. The largest absolute Gasteiger partial charge is 0.481 e. The number of anilines is 1. The van der Waals surface area contributed by atoms with Crippen LogP contribution in [0, 0.1) is 0 Å². The second-order valence-electron chi connectivity index (χ2n) is 20.8. The molecule has 1 aliphatic heterocycles. The molecule has 1 saturated heterocycles. The average molecular weight is 1290 g/mol. The minimum atomic E-state index is -1.77. The fourth-order valence-electron chi connectivity index (χ4n) is 9.16. The topological polar surface area (TPSA) is 505 Å². The van der Waals surface area contributed by atoms with Crippen LogP contribution < -0.4 is 42.5 Å². The third-order valence-corrected chi connectivity index (χ3v) is 14.2. The maximum absolute atomic E-state index is 13.8. The van der Waals surface area contributed by atoms with Crippen molar-refractivity contribution in [3.8, 4) is 0 Å². The lowest BCUT2D eigenvalue weighted by Gasteiger charge is -2.35. The van der Waals surface area contributed by atoms with Crippen LogP contribution in [0.5, 0.6) is 0 Å². The second-order valence-corrected chi connectivity index (χ2v) is 21.2. The molecule has 0 saturated carbocycles. The van der Waals surface area contributed by atoms with Crippen molar-refractivity contribution in [2.45, 2.75) is 81.3 Å². The quantitative estimate of drug-likeness (QED) is 0.0248. The number of aromatic amines is 1. The average Bonchev–Trinajstić information content (AvgIpc) is 1.56. The molecule has 2 heterocycles. The summed E-state index contributed by atoms with van der Waals surface area (Å²) < 4.78 is 0. The number of carboxylic acids is 6. The zero-order valence-electron chi connectivity index (χ0n) is 48.9. The highest BCUT2D eigenvalue weighted by Crippen LogP contribution is 2.16. The molecule has 0 spiro atoms. The van der Waals surface area contributed by atoms with Crippen LogP contribution >= 0.6 is 12.2 Å². The molecule has 90 heavy (non-hydrogen) atoms. The van der Waals surface area contributed by atoms with Crippen LogP contribution in [0.4, 0.5) is 5.69 Å². The molecule has 1 fully saturated rings. The molecular weight excluding hydrogens is 1210 g/mol. The Bertz CT molecular complexity index is 2910. The van der Waals surface area contributed by atoms with Gasteiger partial charge in [0.1, 0.15) is 42.3 Å². The number of nitrogens with zero attached hydrogens (tertiary/aromatic N) is 5. The number of aryl methyl sites for hydroxylation is 1. The van der Waals surface area contributed by atoms with Crippen LogP contribution in [0.25, 0.3) is 0 Å². The first kappa shape index (κ1) is 73.2. The molecular formula is C55H76N14O20S. The van der Waals surface area contributed by atoms with Gasteiger partial charge in [-0.05, 0) is 55.2 Å². The second kappa shape index (κ2) is 37.6. The van der Waals surface area contributed by atoms with E-state index in [2.05, 4.69) is 52.5 Å². The van der Waals surface area contributed by atoms with Gasteiger partial charge < -0.3 is 88.4 Å². The van der Waals surface area contributed by atoms with Crippen molar-refractivity contribution >= 4 is 94.3 Å². The van der Waals surface area contributed by atoms with Gasteiger partial charge in [-0.2, -0.15) is 0 Å². The fraction of sp³-hybridized carbons (Fsp3) is 0.491. The van der Waals surface area contributed by atoms with E-state index in [-0.39, 0.29) is 103 Å². The van der Waals surface area contributed by atoms with Crippen molar-refractivity contribution in [1.82, 2.24) is 66.8 Å². The van der Waals surface area contributed by atoms with Gasteiger partial charge in [0.2, 0.25) is 35.4 Å². The molecule has 4 rings (SSSR count). The number of aliphatic hydroxyl groups is 2. The number of rotatable bonds is 34. The van der Waals surface area contributed by atoms with Crippen LogP contribution in [-0.4, -0.2) is 281 Å². The predicted molar refractivity (Wildman–Crippen MR) is 318 cm³/mol. The Morgan fingerprint density at radius 1 is 0.544 bits per heavy atom. The van der Waals surface area contributed by atoms with Crippen LogP contribution in [0.2, 0.25) is 0 Å². The summed E-state index contributed by atoms with van der Waals surface area (Å²) in [5.74, 6) is -13.9. The van der Waals surface area contributed by atoms with E-state index in [9.17, 15) is 98.4 Å². The molecule has 0 radical (unpaired) electrons. The van der Waals surface area contributed by atoms with E-state index >= 15 is 0 Å². The Labute approximate surface area is 520 Å². The van der Waals surface area contributed by atoms with Crippen LogP contribution in [0.3, 0.4) is 0 Å². The molecule has 7 atom stereocenters. The summed E-state index contributed by atoms with van der Waals surface area (Å²) in [4.78, 5) is 165. The summed E-state index contributed by atoms with van der Waals surface area (Å²) in [5.41, 5.74) is 1.94. The van der Waals surface area contributed by atoms with Gasteiger partial charge in [0.25, 0.3) is 0 Å². The smallest absolute Gasteiger partial charge is 0.328 e. The molecule has 0 aliphatic carbocycles. The molecule has 492 valence electrons. The Balaban J connectivity index is 1.34. The number of benzene rings is 2. The van der Waals surface area contributed by atoms with Gasteiger partial charge in [-0.25, -0.2) is 9.78 Å².